The minimum absolute atomic E-state index is 0.0872. The van der Waals surface area contributed by atoms with E-state index in [1.54, 1.807) is 12.1 Å². The van der Waals surface area contributed by atoms with E-state index in [1.165, 1.54) is 17.7 Å². The molecule has 30 heavy (non-hydrogen) atoms. The Bertz CT molecular complexity index is 1010. The Morgan fingerprint density at radius 3 is 2.70 bits per heavy atom. The topological polar surface area (TPSA) is 74.5 Å². The van der Waals surface area contributed by atoms with Crippen molar-refractivity contribution in [3.05, 3.63) is 65.7 Å². The smallest absolute Gasteiger partial charge is 0.321 e. The molecule has 4 rings (SSSR count). The predicted octanol–water partition coefficient (Wildman–Crippen LogP) is 3.79. The molecular weight excluding hydrogens is 385 g/mol. The Balaban J connectivity index is 1.29. The number of aryl methyl sites for hydroxylation is 1. The Labute approximate surface area is 174 Å². The van der Waals surface area contributed by atoms with Crippen LogP contribution in [-0.2, 0) is 13.0 Å². The quantitative estimate of drug-likeness (QED) is 0.694. The molecule has 0 radical (unpaired) electrons. The third kappa shape index (κ3) is 4.83. The summed E-state index contributed by atoms with van der Waals surface area (Å²) in [7, 11) is 0. The van der Waals surface area contributed by atoms with Crippen molar-refractivity contribution in [3.63, 3.8) is 0 Å². The van der Waals surface area contributed by atoms with Gasteiger partial charge in [-0.15, -0.1) is 0 Å². The van der Waals surface area contributed by atoms with Gasteiger partial charge in [-0.1, -0.05) is 30.3 Å². The predicted molar refractivity (Wildman–Crippen MR) is 111 cm³/mol. The van der Waals surface area contributed by atoms with Crippen LogP contribution in [0.4, 0.5) is 14.9 Å². The number of hydrogen-bond donors (Lipinski definition) is 1. The molecular formula is C22H24FN5O2. The molecule has 3 aromatic rings. The molecule has 1 aliphatic rings. The van der Waals surface area contributed by atoms with Gasteiger partial charge < -0.3 is 14.7 Å². The van der Waals surface area contributed by atoms with E-state index >= 15 is 0 Å². The first kappa shape index (κ1) is 20.0. The zero-order chi connectivity index (χ0) is 20.9. The van der Waals surface area contributed by atoms with Crippen molar-refractivity contribution in [2.45, 2.75) is 19.9 Å². The van der Waals surface area contributed by atoms with Gasteiger partial charge in [-0.3, -0.25) is 4.90 Å². The lowest BCUT2D eigenvalue weighted by molar-refractivity contribution is 0.140. The highest BCUT2D eigenvalue weighted by atomic mass is 19.1. The largest absolute Gasteiger partial charge is 0.334 e. The van der Waals surface area contributed by atoms with Crippen LogP contribution in [0.15, 0.2) is 53.1 Å². The molecule has 0 bridgehead atoms. The number of amides is 2. The zero-order valence-corrected chi connectivity index (χ0v) is 16.8. The summed E-state index contributed by atoms with van der Waals surface area (Å²) in [5.41, 5.74) is 2.57. The van der Waals surface area contributed by atoms with Crippen molar-refractivity contribution >= 4 is 11.7 Å². The second-order valence-electron chi connectivity index (χ2n) is 7.27. The monoisotopic (exact) mass is 409 g/mol. The van der Waals surface area contributed by atoms with E-state index in [0.29, 0.717) is 50.0 Å². The van der Waals surface area contributed by atoms with E-state index in [0.717, 1.165) is 12.1 Å². The van der Waals surface area contributed by atoms with Crippen molar-refractivity contribution in [1.82, 2.24) is 19.9 Å². The fraction of sp³-hybridized carbons (Fsp3) is 0.318. The molecule has 0 atom stereocenters. The van der Waals surface area contributed by atoms with Crippen molar-refractivity contribution in [2.75, 3.05) is 31.5 Å². The minimum atomic E-state index is -0.344. The van der Waals surface area contributed by atoms with Gasteiger partial charge in [0.2, 0.25) is 0 Å². The van der Waals surface area contributed by atoms with E-state index in [9.17, 15) is 9.18 Å². The van der Waals surface area contributed by atoms with Crippen LogP contribution in [-0.4, -0.2) is 52.2 Å². The maximum atomic E-state index is 13.4. The maximum Gasteiger partial charge on any atom is 0.321 e. The van der Waals surface area contributed by atoms with Crippen LogP contribution in [0.2, 0.25) is 0 Å². The molecule has 1 aliphatic heterocycles. The first-order valence-corrected chi connectivity index (χ1v) is 10.1. The molecule has 1 saturated heterocycles. The van der Waals surface area contributed by atoms with Gasteiger partial charge in [0.05, 0.1) is 6.54 Å². The number of rotatable bonds is 5. The van der Waals surface area contributed by atoms with Crippen LogP contribution in [0.1, 0.15) is 18.3 Å². The van der Waals surface area contributed by atoms with E-state index in [2.05, 4.69) is 27.3 Å². The number of benzene rings is 2. The summed E-state index contributed by atoms with van der Waals surface area (Å²) in [5.74, 6) is 0.503. The molecule has 1 N–H and O–H groups in total. The lowest BCUT2D eigenvalue weighted by Crippen LogP contribution is -2.49. The summed E-state index contributed by atoms with van der Waals surface area (Å²) >= 11 is 0. The van der Waals surface area contributed by atoms with Crippen molar-refractivity contribution < 1.29 is 13.7 Å². The molecule has 8 heteroatoms. The normalized spacial score (nSPS) is 14.7. The summed E-state index contributed by atoms with van der Waals surface area (Å²) in [4.78, 5) is 20.9. The summed E-state index contributed by atoms with van der Waals surface area (Å²) < 4.78 is 18.6. The van der Waals surface area contributed by atoms with E-state index in [-0.39, 0.29) is 11.8 Å². The van der Waals surface area contributed by atoms with Crippen molar-refractivity contribution in [3.8, 4) is 11.5 Å². The summed E-state index contributed by atoms with van der Waals surface area (Å²) in [6.07, 6.45) is 0.930. The maximum absolute atomic E-state index is 13.4. The number of piperazine rings is 1. The molecule has 2 heterocycles. The highest BCUT2D eigenvalue weighted by Gasteiger charge is 2.22. The molecule has 2 amide bonds. The van der Waals surface area contributed by atoms with Crippen LogP contribution in [0.5, 0.6) is 0 Å². The summed E-state index contributed by atoms with van der Waals surface area (Å²) in [6.45, 7) is 5.28. The fourth-order valence-corrected chi connectivity index (χ4v) is 3.44. The van der Waals surface area contributed by atoms with E-state index in [4.69, 9.17) is 4.52 Å². The van der Waals surface area contributed by atoms with Crippen LogP contribution < -0.4 is 5.32 Å². The van der Waals surface area contributed by atoms with E-state index in [1.807, 2.05) is 29.2 Å². The van der Waals surface area contributed by atoms with Crippen LogP contribution in [0.3, 0.4) is 0 Å². The molecule has 2 aromatic carbocycles. The third-order valence-corrected chi connectivity index (χ3v) is 5.15. The van der Waals surface area contributed by atoms with Gasteiger partial charge in [-0.25, -0.2) is 9.18 Å². The Hall–Kier alpha value is -3.26. The average Bonchev–Trinajstić information content (AvgIpc) is 3.23. The summed E-state index contributed by atoms with van der Waals surface area (Å²) in [6, 6.07) is 13.9. The molecule has 1 aromatic heterocycles. The number of aromatic nitrogens is 2. The molecule has 0 saturated carbocycles. The van der Waals surface area contributed by atoms with Gasteiger partial charge in [0, 0.05) is 37.4 Å². The number of nitrogens with zero attached hydrogens (tertiary/aromatic N) is 4. The van der Waals surface area contributed by atoms with E-state index < -0.39 is 0 Å². The molecule has 1 fully saturated rings. The SMILES string of the molecule is CCc1cccc(NC(=O)N2CCN(Cc3noc(-c4cccc(F)c4)n3)CC2)c1. The van der Waals surface area contributed by atoms with Gasteiger partial charge >= 0.3 is 6.03 Å². The lowest BCUT2D eigenvalue weighted by atomic mass is 10.1. The number of anilines is 1. The molecule has 156 valence electrons. The van der Waals surface area contributed by atoms with Crippen LogP contribution in [0.25, 0.3) is 11.5 Å². The molecule has 0 aliphatic carbocycles. The first-order chi connectivity index (χ1) is 14.6. The second-order valence-corrected chi connectivity index (χ2v) is 7.27. The van der Waals surface area contributed by atoms with Gasteiger partial charge in [-0.2, -0.15) is 4.98 Å². The standard InChI is InChI=1S/C22H24FN5O2/c1-2-16-5-3-8-19(13-16)24-22(29)28-11-9-27(10-12-28)15-20-25-21(30-26-20)17-6-4-7-18(23)14-17/h3-8,13-14H,2,9-12,15H2,1H3,(H,24,29). The highest BCUT2D eigenvalue weighted by Crippen LogP contribution is 2.19. The highest BCUT2D eigenvalue weighted by molar-refractivity contribution is 5.89. The second kappa shape index (κ2) is 9.04. The number of halogens is 1. The van der Waals surface area contributed by atoms with Gasteiger partial charge in [0.25, 0.3) is 5.89 Å². The molecule has 0 spiro atoms. The van der Waals surface area contributed by atoms with Gasteiger partial charge in [0.1, 0.15) is 5.82 Å². The number of nitrogens with one attached hydrogen (secondary N) is 1. The third-order valence-electron chi connectivity index (χ3n) is 5.15. The van der Waals surface area contributed by atoms with Crippen LogP contribution in [0, 0.1) is 5.82 Å². The number of carbonyl (C=O) groups excluding carboxylic acids is 1. The lowest BCUT2D eigenvalue weighted by Gasteiger charge is -2.34. The number of urea groups is 1. The Morgan fingerprint density at radius 1 is 1.13 bits per heavy atom. The number of hydrogen-bond acceptors (Lipinski definition) is 5. The van der Waals surface area contributed by atoms with Crippen molar-refractivity contribution in [1.29, 1.82) is 0 Å². The average molecular weight is 409 g/mol. The zero-order valence-electron chi connectivity index (χ0n) is 16.8. The number of carbonyl (C=O) groups is 1. The Kier molecular flexibility index (Phi) is 6.04. The van der Waals surface area contributed by atoms with Crippen molar-refractivity contribution in [2.24, 2.45) is 0 Å². The van der Waals surface area contributed by atoms with Gasteiger partial charge in [0.15, 0.2) is 5.82 Å². The van der Waals surface area contributed by atoms with Crippen LogP contribution >= 0.6 is 0 Å². The molecule has 7 nitrogen and oxygen atoms in total. The Morgan fingerprint density at radius 2 is 1.93 bits per heavy atom. The molecule has 0 unspecified atom stereocenters. The summed E-state index contributed by atoms with van der Waals surface area (Å²) in [5, 5.41) is 6.97. The first-order valence-electron chi connectivity index (χ1n) is 10.1. The minimum Gasteiger partial charge on any atom is -0.334 e. The van der Waals surface area contributed by atoms with Gasteiger partial charge in [-0.05, 0) is 42.3 Å². The fourth-order valence-electron chi connectivity index (χ4n) is 3.44.